The van der Waals surface area contributed by atoms with Crippen molar-refractivity contribution in [1.82, 2.24) is 10.2 Å². The Morgan fingerprint density at radius 3 is 2.50 bits per heavy atom. The molecule has 1 atom stereocenters. The summed E-state index contributed by atoms with van der Waals surface area (Å²) in [7, 11) is 0. The lowest BCUT2D eigenvalue weighted by atomic mass is 9.86. The van der Waals surface area contributed by atoms with Crippen LogP contribution in [0.15, 0.2) is 0 Å². The fourth-order valence-corrected chi connectivity index (χ4v) is 3.17. The van der Waals surface area contributed by atoms with Crippen LogP contribution >= 0.6 is 0 Å². The van der Waals surface area contributed by atoms with Crippen LogP contribution in [0.3, 0.4) is 0 Å². The Hall–Kier alpha value is -0.120. The van der Waals surface area contributed by atoms with Crippen LogP contribution < -0.4 is 5.32 Å². The topological polar surface area (TPSA) is 24.5 Å². The monoisotopic (exact) mass is 282 g/mol. The second kappa shape index (κ2) is 6.33. The molecule has 1 aliphatic carbocycles. The summed E-state index contributed by atoms with van der Waals surface area (Å²) in [5.74, 6) is 1.63. The minimum atomic E-state index is 0.246. The predicted octanol–water partition coefficient (Wildman–Crippen LogP) is 2.90. The van der Waals surface area contributed by atoms with E-state index in [9.17, 15) is 0 Å². The summed E-state index contributed by atoms with van der Waals surface area (Å²) in [6.07, 6.45) is 3.98. The second-order valence-corrected chi connectivity index (χ2v) is 8.07. The van der Waals surface area contributed by atoms with Gasteiger partial charge in [-0.2, -0.15) is 0 Å². The Morgan fingerprint density at radius 2 is 1.90 bits per heavy atom. The molecule has 1 unspecified atom stereocenters. The molecule has 1 saturated carbocycles. The van der Waals surface area contributed by atoms with Gasteiger partial charge in [0.2, 0.25) is 0 Å². The van der Waals surface area contributed by atoms with Crippen LogP contribution in [0.5, 0.6) is 0 Å². The molecule has 1 saturated heterocycles. The van der Waals surface area contributed by atoms with E-state index >= 15 is 0 Å². The number of hydrogen-bond donors (Lipinski definition) is 1. The van der Waals surface area contributed by atoms with E-state index in [1.54, 1.807) is 0 Å². The number of ether oxygens (including phenoxy) is 1. The summed E-state index contributed by atoms with van der Waals surface area (Å²) in [4.78, 5) is 2.64. The highest BCUT2D eigenvalue weighted by Crippen LogP contribution is 2.42. The summed E-state index contributed by atoms with van der Waals surface area (Å²) in [6.45, 7) is 16.7. The second-order valence-electron chi connectivity index (χ2n) is 8.07. The highest BCUT2D eigenvalue weighted by atomic mass is 16.5. The van der Waals surface area contributed by atoms with Crippen molar-refractivity contribution in [3.63, 3.8) is 0 Å². The molecule has 0 aromatic rings. The molecule has 118 valence electrons. The lowest BCUT2D eigenvalue weighted by Crippen LogP contribution is -2.68. The quantitative estimate of drug-likeness (QED) is 0.727. The Bertz CT molecular complexity index is 312. The maximum Gasteiger partial charge on any atom is 0.0593 e. The van der Waals surface area contributed by atoms with Crippen LogP contribution in [0.25, 0.3) is 0 Å². The number of nitrogens with one attached hydrogen (secondary N) is 1. The predicted molar refractivity (Wildman–Crippen MR) is 85.1 cm³/mol. The van der Waals surface area contributed by atoms with Crippen LogP contribution in [0.4, 0.5) is 0 Å². The molecule has 2 rings (SSSR count). The molecular weight excluding hydrogens is 248 g/mol. The smallest absolute Gasteiger partial charge is 0.0593 e. The van der Waals surface area contributed by atoms with E-state index in [1.165, 1.54) is 19.3 Å². The first kappa shape index (κ1) is 16.3. The Labute approximate surface area is 125 Å². The Morgan fingerprint density at radius 1 is 1.20 bits per heavy atom. The van der Waals surface area contributed by atoms with Gasteiger partial charge in [-0.1, -0.05) is 13.8 Å². The lowest BCUT2D eigenvalue weighted by molar-refractivity contribution is -0.000741. The first-order valence-corrected chi connectivity index (χ1v) is 8.41. The zero-order chi connectivity index (χ0) is 14.8. The van der Waals surface area contributed by atoms with E-state index in [-0.39, 0.29) is 5.54 Å². The summed E-state index contributed by atoms with van der Waals surface area (Å²) < 4.78 is 5.82. The molecule has 20 heavy (non-hydrogen) atoms. The van der Waals surface area contributed by atoms with E-state index in [2.05, 4.69) is 44.8 Å². The standard InChI is InChI=1S/C17H34N2O/c1-14(2)8-10-20-11-9-19-13-17(5,15-6-7-15)18-12-16(19,3)4/h14-15,18H,6-13H2,1-5H3. The van der Waals surface area contributed by atoms with Crippen molar-refractivity contribution < 1.29 is 4.74 Å². The fraction of sp³-hybridized carbons (Fsp3) is 1.00. The normalized spacial score (nSPS) is 30.9. The summed E-state index contributed by atoms with van der Waals surface area (Å²) in [5, 5.41) is 3.81. The van der Waals surface area contributed by atoms with Crippen molar-refractivity contribution in [3.8, 4) is 0 Å². The summed E-state index contributed by atoms with van der Waals surface area (Å²) in [6, 6.07) is 0. The van der Waals surface area contributed by atoms with Gasteiger partial charge in [0.15, 0.2) is 0 Å². The molecule has 3 nitrogen and oxygen atoms in total. The van der Waals surface area contributed by atoms with E-state index in [0.717, 1.165) is 44.7 Å². The highest BCUT2D eigenvalue weighted by Gasteiger charge is 2.47. The minimum absolute atomic E-state index is 0.246. The first-order chi connectivity index (χ1) is 9.33. The van der Waals surface area contributed by atoms with E-state index in [1.807, 2.05) is 0 Å². The molecule has 0 radical (unpaired) electrons. The molecule has 1 aliphatic heterocycles. The molecule has 3 heteroatoms. The molecule has 2 aliphatic rings. The molecule has 1 N–H and O–H groups in total. The third kappa shape index (κ3) is 4.19. The number of hydrogen-bond acceptors (Lipinski definition) is 3. The van der Waals surface area contributed by atoms with Crippen molar-refractivity contribution in [2.45, 2.75) is 65.0 Å². The maximum atomic E-state index is 5.82. The molecule has 0 amide bonds. The van der Waals surface area contributed by atoms with E-state index < -0.39 is 0 Å². The van der Waals surface area contributed by atoms with Gasteiger partial charge in [0.25, 0.3) is 0 Å². The van der Waals surface area contributed by atoms with Gasteiger partial charge >= 0.3 is 0 Å². The van der Waals surface area contributed by atoms with Gasteiger partial charge in [-0.15, -0.1) is 0 Å². The average molecular weight is 282 g/mol. The number of rotatable bonds is 7. The Balaban J connectivity index is 1.77. The third-order valence-corrected chi connectivity index (χ3v) is 5.12. The van der Waals surface area contributed by atoms with Crippen LogP contribution in [-0.2, 0) is 4.74 Å². The summed E-state index contributed by atoms with van der Waals surface area (Å²) in [5.41, 5.74) is 0.573. The molecule has 1 heterocycles. The molecule has 2 fully saturated rings. The minimum Gasteiger partial charge on any atom is -0.380 e. The van der Waals surface area contributed by atoms with Gasteiger partial charge < -0.3 is 10.1 Å². The number of piperazine rings is 1. The van der Waals surface area contributed by atoms with Gasteiger partial charge in [-0.3, -0.25) is 4.90 Å². The van der Waals surface area contributed by atoms with E-state index in [4.69, 9.17) is 4.74 Å². The van der Waals surface area contributed by atoms with Crippen LogP contribution in [0.2, 0.25) is 0 Å². The van der Waals surface area contributed by atoms with Crippen LogP contribution in [-0.4, -0.2) is 48.8 Å². The largest absolute Gasteiger partial charge is 0.380 e. The zero-order valence-corrected chi connectivity index (χ0v) is 14.2. The maximum absolute atomic E-state index is 5.82. The van der Waals surface area contributed by atoms with E-state index in [0.29, 0.717) is 5.54 Å². The highest BCUT2D eigenvalue weighted by molar-refractivity contribution is 5.06. The van der Waals surface area contributed by atoms with Crippen molar-refractivity contribution in [2.24, 2.45) is 11.8 Å². The molecule has 0 spiro atoms. The van der Waals surface area contributed by atoms with Crippen molar-refractivity contribution in [1.29, 1.82) is 0 Å². The Kier molecular flexibility index (Phi) is 5.14. The first-order valence-electron chi connectivity index (χ1n) is 8.41. The molecule has 0 aromatic carbocycles. The SMILES string of the molecule is CC(C)CCOCCN1CC(C)(C2CC2)NCC1(C)C. The van der Waals surface area contributed by atoms with Crippen molar-refractivity contribution in [2.75, 3.05) is 32.8 Å². The summed E-state index contributed by atoms with van der Waals surface area (Å²) >= 11 is 0. The van der Waals surface area contributed by atoms with Crippen molar-refractivity contribution >= 4 is 0 Å². The van der Waals surface area contributed by atoms with Crippen molar-refractivity contribution in [3.05, 3.63) is 0 Å². The van der Waals surface area contributed by atoms with Crippen LogP contribution in [0.1, 0.15) is 53.9 Å². The average Bonchev–Trinajstić information content (AvgIpc) is 3.17. The molecule has 0 bridgehead atoms. The van der Waals surface area contributed by atoms with Gasteiger partial charge in [0.05, 0.1) is 6.61 Å². The van der Waals surface area contributed by atoms with Gasteiger partial charge in [0, 0.05) is 37.3 Å². The zero-order valence-electron chi connectivity index (χ0n) is 14.2. The van der Waals surface area contributed by atoms with Crippen LogP contribution in [0, 0.1) is 11.8 Å². The molecular formula is C17H34N2O. The number of nitrogens with zero attached hydrogens (tertiary/aromatic N) is 1. The molecule has 0 aromatic heterocycles. The van der Waals surface area contributed by atoms with Gasteiger partial charge in [0.1, 0.15) is 0 Å². The third-order valence-electron chi connectivity index (χ3n) is 5.12. The van der Waals surface area contributed by atoms with Gasteiger partial charge in [-0.05, 0) is 51.9 Å². The lowest BCUT2D eigenvalue weighted by Gasteiger charge is -2.51. The fourth-order valence-electron chi connectivity index (χ4n) is 3.17. The van der Waals surface area contributed by atoms with Gasteiger partial charge in [-0.25, -0.2) is 0 Å².